The van der Waals surface area contributed by atoms with Crippen LogP contribution in [0.15, 0.2) is 24.3 Å². The van der Waals surface area contributed by atoms with E-state index in [1.165, 1.54) is 5.56 Å². The number of quaternary nitrogens is 1. The molecule has 1 unspecified atom stereocenters. The number of carbonyl (C=O) groups is 2. The van der Waals surface area contributed by atoms with Gasteiger partial charge < -0.3 is 15.5 Å². The highest BCUT2D eigenvalue weighted by molar-refractivity contribution is 5.92. The lowest BCUT2D eigenvalue weighted by Gasteiger charge is -2.15. The lowest BCUT2D eigenvalue weighted by molar-refractivity contribution is -0.862. The van der Waals surface area contributed by atoms with E-state index in [9.17, 15) is 9.59 Å². The Hall–Kier alpha value is -2.67. The molecule has 146 valence electrons. The molecule has 1 heterocycles. The smallest absolute Gasteiger partial charge is 0.279 e. The van der Waals surface area contributed by atoms with Gasteiger partial charge in [-0.3, -0.25) is 9.59 Å². The minimum Gasteiger partial charge on any atom is -0.349 e. The van der Waals surface area contributed by atoms with E-state index in [1.807, 2.05) is 70.6 Å². The number of nitrogens with zero attached hydrogens (tertiary/aromatic N) is 2. The molecule has 0 saturated heterocycles. The molecule has 0 fully saturated rings. The Labute approximate surface area is 160 Å². The third-order valence-electron chi connectivity index (χ3n) is 4.21. The standard InChI is InChI=1S/C20H29N5O2/c1-13(2)21-18(26)11-24(6)12-19(27)22-20-15(4)23-25(16(20)5)17-9-7-14(3)8-10-17/h7-10,13H,11-12H2,1-6H3,(H,21,26)(H,22,27)/p+1. The third-order valence-corrected chi connectivity index (χ3v) is 4.21. The van der Waals surface area contributed by atoms with Gasteiger partial charge >= 0.3 is 0 Å². The number of benzene rings is 1. The first kappa shape index (κ1) is 20.6. The average Bonchev–Trinajstić information content (AvgIpc) is 2.82. The van der Waals surface area contributed by atoms with Crippen molar-refractivity contribution < 1.29 is 14.5 Å². The van der Waals surface area contributed by atoms with Crippen molar-refractivity contribution in [3.05, 3.63) is 41.2 Å². The summed E-state index contributed by atoms with van der Waals surface area (Å²) in [7, 11) is 1.83. The summed E-state index contributed by atoms with van der Waals surface area (Å²) in [5, 5.41) is 10.3. The lowest BCUT2D eigenvalue weighted by Crippen LogP contribution is -3.11. The zero-order valence-electron chi connectivity index (χ0n) is 17.0. The van der Waals surface area contributed by atoms with Crippen molar-refractivity contribution in [2.75, 3.05) is 25.5 Å². The minimum atomic E-state index is -0.139. The maximum atomic E-state index is 12.4. The number of hydrogen-bond acceptors (Lipinski definition) is 3. The van der Waals surface area contributed by atoms with Crippen LogP contribution in [0.3, 0.4) is 0 Å². The van der Waals surface area contributed by atoms with Crippen molar-refractivity contribution in [3.8, 4) is 5.69 Å². The Bertz CT molecular complexity index is 809. The van der Waals surface area contributed by atoms with Gasteiger partial charge in [0.05, 0.1) is 29.8 Å². The van der Waals surface area contributed by atoms with Crippen LogP contribution < -0.4 is 15.5 Å². The third kappa shape index (κ3) is 5.65. The molecule has 2 amide bonds. The fraction of sp³-hybridized carbons (Fsp3) is 0.450. The molecule has 0 bridgehead atoms. The number of anilines is 1. The van der Waals surface area contributed by atoms with Gasteiger partial charge in [0.1, 0.15) is 0 Å². The van der Waals surface area contributed by atoms with Crippen LogP contribution >= 0.6 is 0 Å². The molecular weight excluding hydrogens is 342 g/mol. The molecule has 2 aromatic rings. The minimum absolute atomic E-state index is 0.0603. The topological polar surface area (TPSA) is 80.5 Å². The van der Waals surface area contributed by atoms with Crippen molar-refractivity contribution in [2.24, 2.45) is 0 Å². The van der Waals surface area contributed by atoms with Crippen LogP contribution in [0, 0.1) is 20.8 Å². The van der Waals surface area contributed by atoms with Gasteiger partial charge in [0.2, 0.25) is 0 Å². The fourth-order valence-electron chi connectivity index (χ4n) is 2.93. The van der Waals surface area contributed by atoms with E-state index >= 15 is 0 Å². The molecule has 0 spiro atoms. The van der Waals surface area contributed by atoms with E-state index in [2.05, 4.69) is 15.7 Å². The number of carbonyl (C=O) groups excluding carboxylic acids is 2. The predicted molar refractivity (Wildman–Crippen MR) is 106 cm³/mol. The lowest BCUT2D eigenvalue weighted by atomic mass is 10.2. The van der Waals surface area contributed by atoms with Gasteiger partial charge in [-0.05, 0) is 46.8 Å². The van der Waals surface area contributed by atoms with Gasteiger partial charge in [-0.15, -0.1) is 0 Å². The summed E-state index contributed by atoms with van der Waals surface area (Å²) in [6.07, 6.45) is 0. The Morgan fingerprint density at radius 2 is 1.67 bits per heavy atom. The molecule has 0 radical (unpaired) electrons. The highest BCUT2D eigenvalue weighted by Crippen LogP contribution is 2.22. The number of amides is 2. The first-order chi connectivity index (χ1) is 12.7. The van der Waals surface area contributed by atoms with E-state index in [1.54, 1.807) is 0 Å². The SMILES string of the molecule is Cc1ccc(-n2nc(C)c(NC(=O)C[NH+](C)CC(=O)NC(C)C)c2C)cc1. The molecule has 0 aliphatic rings. The Morgan fingerprint density at radius 3 is 2.26 bits per heavy atom. The van der Waals surface area contributed by atoms with Crippen LogP contribution in [0.5, 0.6) is 0 Å². The summed E-state index contributed by atoms with van der Waals surface area (Å²) in [5.74, 6) is -0.200. The van der Waals surface area contributed by atoms with Crippen LogP contribution in [0.1, 0.15) is 30.8 Å². The quantitative estimate of drug-likeness (QED) is 0.672. The Kier molecular flexibility index (Phi) is 6.74. The van der Waals surface area contributed by atoms with Gasteiger partial charge in [-0.25, -0.2) is 4.68 Å². The van der Waals surface area contributed by atoms with Crippen LogP contribution in [0.2, 0.25) is 0 Å². The van der Waals surface area contributed by atoms with Gasteiger partial charge in [0.25, 0.3) is 11.8 Å². The van der Waals surface area contributed by atoms with Crippen molar-refractivity contribution >= 4 is 17.5 Å². The number of likely N-dealkylation sites (N-methyl/N-ethyl adjacent to an activating group) is 1. The molecule has 2 rings (SSSR count). The van der Waals surface area contributed by atoms with E-state index in [0.29, 0.717) is 0 Å². The number of aryl methyl sites for hydroxylation is 2. The van der Waals surface area contributed by atoms with Crippen molar-refractivity contribution in [3.63, 3.8) is 0 Å². The summed E-state index contributed by atoms with van der Waals surface area (Å²) in [5.41, 5.74) is 4.49. The summed E-state index contributed by atoms with van der Waals surface area (Å²) >= 11 is 0. The zero-order chi connectivity index (χ0) is 20.1. The van der Waals surface area contributed by atoms with Crippen LogP contribution in [-0.4, -0.2) is 47.8 Å². The number of hydrogen-bond donors (Lipinski definition) is 3. The molecule has 27 heavy (non-hydrogen) atoms. The van der Waals surface area contributed by atoms with Gasteiger partial charge in [-0.2, -0.15) is 5.10 Å². The van der Waals surface area contributed by atoms with Gasteiger partial charge in [0, 0.05) is 6.04 Å². The molecule has 7 heteroatoms. The average molecular weight is 372 g/mol. The zero-order valence-corrected chi connectivity index (χ0v) is 17.0. The predicted octanol–water partition coefficient (Wildman–Crippen LogP) is 0.775. The molecule has 0 aliphatic carbocycles. The molecule has 0 aliphatic heterocycles. The van der Waals surface area contributed by atoms with Crippen molar-refractivity contribution in [1.29, 1.82) is 0 Å². The van der Waals surface area contributed by atoms with Crippen LogP contribution in [0.4, 0.5) is 5.69 Å². The largest absolute Gasteiger partial charge is 0.349 e. The first-order valence-electron chi connectivity index (χ1n) is 9.21. The highest BCUT2D eigenvalue weighted by Gasteiger charge is 2.19. The number of rotatable bonds is 7. The molecule has 3 N–H and O–H groups in total. The maximum absolute atomic E-state index is 12.4. The fourth-order valence-corrected chi connectivity index (χ4v) is 2.93. The van der Waals surface area contributed by atoms with Gasteiger partial charge in [-0.1, -0.05) is 17.7 Å². The molecule has 1 atom stereocenters. The molecule has 0 saturated carbocycles. The Balaban J connectivity index is 2.03. The first-order valence-corrected chi connectivity index (χ1v) is 9.21. The van der Waals surface area contributed by atoms with Crippen molar-refractivity contribution in [1.82, 2.24) is 15.1 Å². The summed E-state index contributed by atoms with van der Waals surface area (Å²) in [6, 6.07) is 8.17. The Morgan fingerprint density at radius 1 is 1.07 bits per heavy atom. The van der Waals surface area contributed by atoms with E-state index in [-0.39, 0.29) is 30.9 Å². The van der Waals surface area contributed by atoms with E-state index < -0.39 is 0 Å². The maximum Gasteiger partial charge on any atom is 0.279 e. The van der Waals surface area contributed by atoms with E-state index in [4.69, 9.17) is 0 Å². The second kappa shape index (κ2) is 8.81. The normalized spacial score (nSPS) is 12.1. The van der Waals surface area contributed by atoms with Gasteiger partial charge in [0.15, 0.2) is 13.1 Å². The van der Waals surface area contributed by atoms with E-state index in [0.717, 1.165) is 27.7 Å². The molecule has 1 aromatic heterocycles. The number of nitrogens with one attached hydrogen (secondary N) is 3. The summed E-state index contributed by atoms with van der Waals surface area (Å²) in [6.45, 7) is 10.1. The highest BCUT2D eigenvalue weighted by atomic mass is 16.2. The molecular formula is C20H30N5O2+. The van der Waals surface area contributed by atoms with Crippen LogP contribution in [-0.2, 0) is 9.59 Å². The second-order valence-electron chi connectivity index (χ2n) is 7.37. The summed E-state index contributed by atoms with van der Waals surface area (Å²) < 4.78 is 1.83. The molecule has 1 aromatic carbocycles. The molecule has 7 nitrogen and oxygen atoms in total. The summed E-state index contributed by atoms with van der Waals surface area (Å²) in [4.78, 5) is 25.1. The van der Waals surface area contributed by atoms with Crippen molar-refractivity contribution in [2.45, 2.75) is 40.7 Å². The van der Waals surface area contributed by atoms with Crippen LogP contribution in [0.25, 0.3) is 5.69 Å². The number of aromatic nitrogens is 2. The monoisotopic (exact) mass is 372 g/mol. The second-order valence-corrected chi connectivity index (χ2v) is 7.37.